The minimum Gasteiger partial charge on any atom is -0.495 e. The lowest BCUT2D eigenvalue weighted by molar-refractivity contribution is 0.354. The molecule has 3 aromatic rings. The average molecular weight is 604 g/mol. The van der Waals surface area contributed by atoms with Gasteiger partial charge in [0.15, 0.2) is 11.5 Å². The van der Waals surface area contributed by atoms with Crippen LogP contribution in [0.25, 0.3) is 0 Å². The van der Waals surface area contributed by atoms with Crippen LogP contribution in [0.2, 0.25) is 0 Å². The summed E-state index contributed by atoms with van der Waals surface area (Å²) in [5.41, 5.74) is 2.40. The topological polar surface area (TPSA) is 106 Å². The van der Waals surface area contributed by atoms with E-state index < -0.39 is 20.0 Å². The van der Waals surface area contributed by atoms with Gasteiger partial charge in [0.25, 0.3) is 0 Å². The van der Waals surface area contributed by atoms with E-state index in [1.54, 1.807) is 57.7 Å². The molecule has 1 saturated heterocycles. The van der Waals surface area contributed by atoms with Crippen LogP contribution in [0.1, 0.15) is 11.1 Å². The molecule has 0 bridgehead atoms. The summed E-state index contributed by atoms with van der Waals surface area (Å²) in [7, 11) is -1.24. The molecule has 4 rings (SSSR count). The van der Waals surface area contributed by atoms with Crippen molar-refractivity contribution in [1.82, 2.24) is 8.61 Å². The van der Waals surface area contributed by atoms with Crippen LogP contribution >= 0.6 is 0 Å². The third kappa shape index (κ3) is 6.61. The summed E-state index contributed by atoms with van der Waals surface area (Å²) in [6.07, 6.45) is 0.483. The quantitative estimate of drug-likeness (QED) is 0.329. The van der Waals surface area contributed by atoms with Gasteiger partial charge in [0.05, 0.1) is 36.8 Å². The smallest absolute Gasteiger partial charge is 0.243 e. The molecule has 0 spiro atoms. The molecule has 0 radical (unpaired) electrons. The van der Waals surface area contributed by atoms with E-state index >= 15 is 0 Å². The predicted octanol–water partition coefficient (Wildman–Crippen LogP) is 3.39. The number of rotatable bonds is 11. The second kappa shape index (κ2) is 12.7. The molecule has 0 amide bonds. The summed E-state index contributed by atoms with van der Waals surface area (Å²) in [5.74, 6) is 1.71. The predicted molar refractivity (Wildman–Crippen MR) is 158 cm³/mol. The number of piperazine rings is 1. The number of hydrogen-bond acceptors (Lipinski definition) is 8. The van der Waals surface area contributed by atoms with Crippen molar-refractivity contribution in [2.24, 2.45) is 0 Å². The van der Waals surface area contributed by atoms with Gasteiger partial charge in [-0.1, -0.05) is 18.2 Å². The van der Waals surface area contributed by atoms with E-state index in [0.717, 1.165) is 11.1 Å². The van der Waals surface area contributed by atoms with Crippen molar-refractivity contribution in [1.29, 1.82) is 0 Å². The molecule has 10 nitrogen and oxygen atoms in total. The molecule has 1 fully saturated rings. The van der Waals surface area contributed by atoms with Crippen molar-refractivity contribution < 1.29 is 31.0 Å². The van der Waals surface area contributed by atoms with E-state index in [1.807, 2.05) is 30.0 Å². The molecule has 0 atom stereocenters. The molecule has 222 valence electrons. The van der Waals surface area contributed by atoms with Crippen LogP contribution in [0.5, 0.6) is 17.2 Å². The number of nitrogens with zero attached hydrogens (tertiary/aromatic N) is 3. The number of benzene rings is 3. The number of methoxy groups -OCH3 is 3. The SMILES string of the molecule is COc1ccc(CCN(C)S(=O)(=O)c2ccc(OC)c(N3CCN(S(=O)(=O)c4cccc(C)c4)CC3)c2)cc1OC. The summed E-state index contributed by atoms with van der Waals surface area (Å²) < 4.78 is 72.4. The maximum absolute atomic E-state index is 13.5. The summed E-state index contributed by atoms with van der Waals surface area (Å²) in [6, 6.07) is 17.2. The lowest BCUT2D eigenvalue weighted by Crippen LogP contribution is -2.48. The molecule has 12 heteroatoms. The highest BCUT2D eigenvalue weighted by Gasteiger charge is 2.30. The number of hydrogen-bond donors (Lipinski definition) is 0. The lowest BCUT2D eigenvalue weighted by atomic mass is 10.1. The Bertz CT molecular complexity index is 1590. The Hall–Kier alpha value is -3.32. The average Bonchev–Trinajstić information content (AvgIpc) is 2.99. The fourth-order valence-electron chi connectivity index (χ4n) is 4.79. The molecule has 0 aliphatic carbocycles. The van der Waals surface area contributed by atoms with Gasteiger partial charge in [-0.2, -0.15) is 4.31 Å². The van der Waals surface area contributed by atoms with E-state index in [-0.39, 0.29) is 29.4 Å². The third-order valence-corrected chi connectivity index (χ3v) is 11.0. The normalized spacial score (nSPS) is 14.7. The fraction of sp³-hybridized carbons (Fsp3) is 0.379. The Morgan fingerprint density at radius 2 is 1.41 bits per heavy atom. The van der Waals surface area contributed by atoms with Crippen molar-refractivity contribution in [2.45, 2.75) is 23.1 Å². The molecule has 1 heterocycles. The first kappa shape index (κ1) is 30.6. The minimum atomic E-state index is -3.81. The summed E-state index contributed by atoms with van der Waals surface area (Å²) in [4.78, 5) is 2.37. The van der Waals surface area contributed by atoms with Crippen LogP contribution in [0, 0.1) is 6.92 Å². The van der Waals surface area contributed by atoms with Crippen molar-refractivity contribution in [2.75, 3.05) is 66.0 Å². The minimum absolute atomic E-state index is 0.137. The Morgan fingerprint density at radius 3 is 2.05 bits per heavy atom. The molecular formula is C29H37N3O7S2. The number of aryl methyl sites for hydroxylation is 1. The van der Waals surface area contributed by atoms with Crippen LogP contribution in [0.4, 0.5) is 5.69 Å². The Kier molecular flexibility index (Phi) is 9.48. The van der Waals surface area contributed by atoms with Gasteiger partial charge in [-0.15, -0.1) is 0 Å². The maximum atomic E-state index is 13.5. The second-order valence-electron chi connectivity index (χ2n) is 9.81. The first-order valence-corrected chi connectivity index (χ1v) is 16.1. The van der Waals surface area contributed by atoms with E-state index in [0.29, 0.717) is 42.4 Å². The molecular weight excluding hydrogens is 566 g/mol. The second-order valence-corrected chi connectivity index (χ2v) is 13.8. The highest BCUT2D eigenvalue weighted by atomic mass is 32.2. The van der Waals surface area contributed by atoms with Gasteiger partial charge in [-0.05, 0) is 66.9 Å². The largest absolute Gasteiger partial charge is 0.495 e. The van der Waals surface area contributed by atoms with Crippen LogP contribution in [0.15, 0.2) is 70.5 Å². The number of sulfonamides is 2. The van der Waals surface area contributed by atoms with Crippen LogP contribution in [-0.2, 0) is 26.5 Å². The lowest BCUT2D eigenvalue weighted by Gasteiger charge is -2.36. The van der Waals surface area contributed by atoms with E-state index in [9.17, 15) is 16.8 Å². The number of anilines is 1. The molecule has 1 aliphatic rings. The Morgan fingerprint density at radius 1 is 0.756 bits per heavy atom. The zero-order valence-corrected chi connectivity index (χ0v) is 25.7. The number of ether oxygens (including phenoxy) is 3. The van der Waals surface area contributed by atoms with Crippen molar-refractivity contribution in [3.8, 4) is 17.2 Å². The first-order chi connectivity index (χ1) is 19.5. The van der Waals surface area contributed by atoms with Gasteiger partial charge < -0.3 is 19.1 Å². The summed E-state index contributed by atoms with van der Waals surface area (Å²) >= 11 is 0. The highest BCUT2D eigenvalue weighted by Crippen LogP contribution is 2.33. The van der Waals surface area contributed by atoms with Gasteiger partial charge in [-0.25, -0.2) is 21.1 Å². The fourth-order valence-corrected chi connectivity index (χ4v) is 7.51. The maximum Gasteiger partial charge on any atom is 0.243 e. The van der Waals surface area contributed by atoms with E-state index in [4.69, 9.17) is 14.2 Å². The molecule has 3 aromatic carbocycles. The number of likely N-dealkylation sites (N-methyl/N-ethyl adjacent to an activating group) is 1. The molecule has 0 aromatic heterocycles. The first-order valence-electron chi connectivity index (χ1n) is 13.2. The van der Waals surface area contributed by atoms with Crippen LogP contribution in [0.3, 0.4) is 0 Å². The monoisotopic (exact) mass is 603 g/mol. The summed E-state index contributed by atoms with van der Waals surface area (Å²) in [6.45, 7) is 3.43. The Balaban J connectivity index is 1.48. The molecule has 0 saturated carbocycles. The zero-order valence-electron chi connectivity index (χ0n) is 24.0. The van der Waals surface area contributed by atoms with E-state index in [2.05, 4.69) is 0 Å². The van der Waals surface area contributed by atoms with Gasteiger partial charge in [-0.3, -0.25) is 0 Å². The Labute approximate surface area is 243 Å². The van der Waals surface area contributed by atoms with Gasteiger partial charge in [0.2, 0.25) is 20.0 Å². The summed E-state index contributed by atoms with van der Waals surface area (Å²) in [5, 5.41) is 0. The molecule has 0 N–H and O–H groups in total. The molecule has 0 unspecified atom stereocenters. The van der Waals surface area contributed by atoms with Crippen molar-refractivity contribution in [3.63, 3.8) is 0 Å². The molecule has 1 aliphatic heterocycles. The van der Waals surface area contributed by atoms with Crippen molar-refractivity contribution in [3.05, 3.63) is 71.8 Å². The zero-order chi connectivity index (χ0) is 29.8. The van der Waals surface area contributed by atoms with Crippen molar-refractivity contribution >= 4 is 25.7 Å². The van der Waals surface area contributed by atoms with Crippen LogP contribution in [-0.4, -0.2) is 86.5 Å². The van der Waals surface area contributed by atoms with Gasteiger partial charge >= 0.3 is 0 Å². The van der Waals surface area contributed by atoms with Gasteiger partial charge in [0, 0.05) is 39.8 Å². The molecule has 41 heavy (non-hydrogen) atoms. The third-order valence-electron chi connectivity index (χ3n) is 7.23. The van der Waals surface area contributed by atoms with Crippen LogP contribution < -0.4 is 19.1 Å². The standard InChI is InChI=1S/C29H37N3O7S2/c1-22-7-6-8-24(19-22)41(35,36)32-17-15-31(16-18-32)26-21-25(10-12-27(26)37-3)40(33,34)30(2)14-13-23-9-11-28(38-4)29(20-23)39-5/h6-12,19-21H,13-18H2,1-5H3. The van der Waals surface area contributed by atoms with E-state index in [1.165, 1.54) is 21.8 Å². The van der Waals surface area contributed by atoms with Gasteiger partial charge in [0.1, 0.15) is 5.75 Å². The highest BCUT2D eigenvalue weighted by molar-refractivity contribution is 7.89.